The van der Waals surface area contributed by atoms with E-state index >= 15 is 0 Å². The average molecular weight is 444 g/mol. The smallest absolute Gasteiger partial charge is 0.306 e. The minimum absolute atomic E-state index is 0.0627. The van der Waals surface area contributed by atoms with Gasteiger partial charge in [-0.3, -0.25) is 14.4 Å². The van der Waals surface area contributed by atoms with Crippen LogP contribution in [0.5, 0.6) is 0 Å². The van der Waals surface area contributed by atoms with Crippen molar-refractivity contribution in [1.82, 2.24) is 5.32 Å². The Hall–Kier alpha value is -3.30. The maximum Gasteiger partial charge on any atom is 0.306 e. The zero-order valence-corrected chi connectivity index (χ0v) is 18.2. The molecule has 0 saturated heterocycles. The Morgan fingerprint density at radius 3 is 2.35 bits per heavy atom. The van der Waals surface area contributed by atoms with Crippen LogP contribution in [0.4, 0.5) is 11.4 Å². The van der Waals surface area contributed by atoms with E-state index in [1.807, 2.05) is 31.2 Å². The predicted molar refractivity (Wildman–Crippen MR) is 122 cm³/mol. The van der Waals surface area contributed by atoms with E-state index in [2.05, 4.69) is 16.0 Å². The molecule has 0 spiro atoms. The maximum atomic E-state index is 12.5. The number of hydrogen-bond donors (Lipinski definition) is 3. The normalized spacial score (nSPS) is 10.1. The van der Waals surface area contributed by atoms with Crippen molar-refractivity contribution in [3.63, 3.8) is 0 Å². The first kappa shape index (κ1) is 24.0. The number of methoxy groups -OCH3 is 1. The molecule has 0 fully saturated rings. The number of anilines is 2. The summed E-state index contributed by atoms with van der Waals surface area (Å²) in [4.78, 5) is 35.9. The molecule has 31 heavy (non-hydrogen) atoms. The molecule has 3 N–H and O–H groups in total. The molecule has 0 bridgehead atoms. The summed E-state index contributed by atoms with van der Waals surface area (Å²) in [6.45, 7) is 2.39. The summed E-state index contributed by atoms with van der Waals surface area (Å²) >= 11 is 5.13. The Labute approximate surface area is 186 Å². The minimum Gasteiger partial charge on any atom is -0.463 e. The van der Waals surface area contributed by atoms with Crippen molar-refractivity contribution in [3.05, 3.63) is 59.7 Å². The van der Waals surface area contributed by atoms with Gasteiger partial charge in [0, 0.05) is 30.5 Å². The lowest BCUT2D eigenvalue weighted by Crippen LogP contribution is -2.34. The Morgan fingerprint density at radius 2 is 1.65 bits per heavy atom. The topological polar surface area (TPSA) is 106 Å². The summed E-state index contributed by atoms with van der Waals surface area (Å²) in [5.74, 6) is -1.18. The van der Waals surface area contributed by atoms with Gasteiger partial charge in [0.1, 0.15) is 6.61 Å². The molecular weight excluding hydrogens is 418 g/mol. The molecular formula is C22H25N3O5S. The second-order valence-electron chi connectivity index (χ2n) is 6.62. The van der Waals surface area contributed by atoms with Crippen molar-refractivity contribution in [2.45, 2.75) is 19.8 Å². The van der Waals surface area contributed by atoms with Crippen molar-refractivity contribution in [2.24, 2.45) is 0 Å². The molecule has 0 unspecified atom stereocenters. The monoisotopic (exact) mass is 443 g/mol. The highest BCUT2D eigenvalue weighted by atomic mass is 32.1. The zero-order chi connectivity index (χ0) is 22.6. The first-order valence-electron chi connectivity index (χ1n) is 9.61. The van der Waals surface area contributed by atoms with E-state index in [-0.39, 0.29) is 30.5 Å². The third-order valence-electron chi connectivity index (χ3n) is 4.02. The van der Waals surface area contributed by atoms with Crippen LogP contribution in [0.1, 0.15) is 28.8 Å². The second kappa shape index (κ2) is 12.4. The molecule has 0 heterocycles. The Bertz CT molecular complexity index is 948. The molecule has 0 aliphatic heterocycles. The van der Waals surface area contributed by atoms with Crippen molar-refractivity contribution >= 4 is 46.5 Å². The molecule has 0 aromatic heterocycles. The van der Waals surface area contributed by atoms with Gasteiger partial charge in [-0.25, -0.2) is 0 Å². The maximum absolute atomic E-state index is 12.5. The highest BCUT2D eigenvalue weighted by Crippen LogP contribution is 2.14. The van der Waals surface area contributed by atoms with Crippen LogP contribution in [-0.4, -0.2) is 43.2 Å². The van der Waals surface area contributed by atoms with Gasteiger partial charge in [0.15, 0.2) is 5.11 Å². The molecule has 9 heteroatoms. The van der Waals surface area contributed by atoms with Crippen LogP contribution in [0.15, 0.2) is 48.5 Å². The van der Waals surface area contributed by atoms with Crippen molar-refractivity contribution in [2.75, 3.05) is 31.0 Å². The molecule has 8 nitrogen and oxygen atoms in total. The van der Waals surface area contributed by atoms with E-state index in [4.69, 9.17) is 21.7 Å². The van der Waals surface area contributed by atoms with E-state index in [0.29, 0.717) is 23.5 Å². The molecule has 0 radical (unpaired) electrons. The Kier molecular flexibility index (Phi) is 9.60. The lowest BCUT2D eigenvalue weighted by Gasteiger charge is -2.11. The number of thiocarbonyl (C=S) groups is 1. The van der Waals surface area contributed by atoms with Crippen LogP contribution < -0.4 is 16.0 Å². The van der Waals surface area contributed by atoms with E-state index in [1.165, 1.54) is 7.11 Å². The summed E-state index contributed by atoms with van der Waals surface area (Å²) in [7, 11) is 1.50. The van der Waals surface area contributed by atoms with Gasteiger partial charge in [-0.15, -0.1) is 0 Å². The number of esters is 1. The van der Waals surface area contributed by atoms with Crippen LogP contribution >= 0.6 is 12.2 Å². The van der Waals surface area contributed by atoms with E-state index in [1.54, 1.807) is 24.3 Å². The van der Waals surface area contributed by atoms with Crippen LogP contribution in [-0.2, 0) is 19.1 Å². The van der Waals surface area contributed by atoms with E-state index < -0.39 is 11.9 Å². The van der Waals surface area contributed by atoms with Crippen LogP contribution in [0, 0.1) is 6.92 Å². The lowest BCUT2D eigenvalue weighted by atomic mass is 10.1. The lowest BCUT2D eigenvalue weighted by molar-refractivity contribution is -0.146. The highest BCUT2D eigenvalue weighted by Gasteiger charge is 2.11. The Balaban J connectivity index is 1.83. The molecule has 0 atom stereocenters. The van der Waals surface area contributed by atoms with Gasteiger partial charge in [-0.1, -0.05) is 18.2 Å². The molecule has 2 amide bonds. The summed E-state index contributed by atoms with van der Waals surface area (Å²) in [6.07, 6.45) is -0.126. The number of carbonyl (C=O) groups is 3. The molecule has 164 valence electrons. The SMILES string of the molecule is COCCOC(=O)CCC(=O)NC(=S)Nc1cccc(C(=O)Nc2cccc(C)c2)c1. The van der Waals surface area contributed by atoms with Gasteiger partial charge in [-0.05, 0) is 55.0 Å². The number of nitrogens with one attached hydrogen (secondary N) is 3. The molecule has 0 aliphatic rings. The molecule has 0 aliphatic carbocycles. The number of amides is 2. The zero-order valence-electron chi connectivity index (χ0n) is 17.4. The average Bonchev–Trinajstić information content (AvgIpc) is 2.72. The standard InChI is InChI=1S/C22H25N3O5S/c1-15-5-3-7-17(13-15)23-21(28)16-6-4-8-18(14-16)24-22(31)25-19(26)9-10-20(27)30-12-11-29-2/h3-8,13-14H,9-12H2,1-2H3,(H,23,28)(H2,24,25,26,31). The van der Waals surface area contributed by atoms with Crippen LogP contribution in [0.2, 0.25) is 0 Å². The van der Waals surface area contributed by atoms with Crippen molar-refractivity contribution < 1.29 is 23.9 Å². The van der Waals surface area contributed by atoms with Gasteiger partial charge < -0.3 is 25.4 Å². The van der Waals surface area contributed by atoms with Gasteiger partial charge in [0.25, 0.3) is 5.91 Å². The first-order valence-corrected chi connectivity index (χ1v) is 10.0. The van der Waals surface area contributed by atoms with Gasteiger partial charge in [0.05, 0.1) is 13.0 Å². The Morgan fingerprint density at radius 1 is 0.935 bits per heavy atom. The number of hydrogen-bond acceptors (Lipinski definition) is 6. The number of rotatable bonds is 9. The third kappa shape index (κ3) is 8.93. The minimum atomic E-state index is -0.488. The third-order valence-corrected chi connectivity index (χ3v) is 4.22. The molecule has 2 rings (SSSR count). The van der Waals surface area contributed by atoms with Crippen molar-refractivity contribution in [3.8, 4) is 0 Å². The summed E-state index contributed by atoms with van der Waals surface area (Å²) in [5.41, 5.74) is 2.71. The van der Waals surface area contributed by atoms with E-state index in [0.717, 1.165) is 5.56 Å². The first-order chi connectivity index (χ1) is 14.9. The quantitative estimate of drug-likeness (QED) is 0.311. The number of benzene rings is 2. The predicted octanol–water partition coefficient (Wildman–Crippen LogP) is 3.03. The summed E-state index contributed by atoms with van der Waals surface area (Å²) in [6, 6.07) is 14.2. The van der Waals surface area contributed by atoms with Gasteiger partial charge in [-0.2, -0.15) is 0 Å². The molecule has 2 aromatic rings. The van der Waals surface area contributed by atoms with Crippen LogP contribution in [0.25, 0.3) is 0 Å². The fraction of sp³-hybridized carbons (Fsp3) is 0.273. The highest BCUT2D eigenvalue weighted by molar-refractivity contribution is 7.80. The van der Waals surface area contributed by atoms with E-state index in [9.17, 15) is 14.4 Å². The van der Waals surface area contributed by atoms with Crippen molar-refractivity contribution in [1.29, 1.82) is 0 Å². The van der Waals surface area contributed by atoms with Crippen LogP contribution in [0.3, 0.4) is 0 Å². The van der Waals surface area contributed by atoms with Gasteiger partial charge in [0.2, 0.25) is 5.91 Å². The van der Waals surface area contributed by atoms with Gasteiger partial charge >= 0.3 is 5.97 Å². The summed E-state index contributed by atoms with van der Waals surface area (Å²) < 4.78 is 9.67. The molecule has 2 aromatic carbocycles. The largest absolute Gasteiger partial charge is 0.463 e. The fourth-order valence-electron chi connectivity index (χ4n) is 2.54. The second-order valence-corrected chi connectivity index (χ2v) is 7.03. The number of carbonyl (C=O) groups excluding carboxylic acids is 3. The molecule has 0 saturated carbocycles. The fourth-order valence-corrected chi connectivity index (χ4v) is 2.77. The summed E-state index contributed by atoms with van der Waals surface area (Å²) in [5, 5.41) is 8.25. The number of ether oxygens (including phenoxy) is 2. The number of aryl methyl sites for hydroxylation is 1.